The average Bonchev–Trinajstić information content (AvgIpc) is 3.06. The van der Waals surface area contributed by atoms with Gasteiger partial charge in [0.25, 0.3) is 0 Å². The molecular formula is C13H19N3O2S. The highest BCUT2D eigenvalue weighted by Crippen LogP contribution is 2.21. The topological polar surface area (TPSA) is 62.4 Å². The summed E-state index contributed by atoms with van der Waals surface area (Å²) in [6, 6.07) is 3.94. The Balaban J connectivity index is 1.97. The van der Waals surface area contributed by atoms with Crippen LogP contribution < -0.4 is 0 Å². The molecule has 2 rings (SSSR count). The van der Waals surface area contributed by atoms with E-state index in [0.29, 0.717) is 24.8 Å². The molecule has 0 aliphatic heterocycles. The number of thiophene rings is 1. The van der Waals surface area contributed by atoms with E-state index in [1.165, 1.54) is 0 Å². The molecule has 5 nitrogen and oxygen atoms in total. The van der Waals surface area contributed by atoms with Crippen LogP contribution in [0.25, 0.3) is 10.7 Å². The van der Waals surface area contributed by atoms with Crippen LogP contribution in [0, 0.1) is 0 Å². The van der Waals surface area contributed by atoms with Crippen LogP contribution in [0.3, 0.4) is 0 Å². The van der Waals surface area contributed by atoms with Crippen LogP contribution in [0.1, 0.15) is 25.7 Å². The molecule has 0 saturated carbocycles. The van der Waals surface area contributed by atoms with Crippen LogP contribution in [-0.4, -0.2) is 39.8 Å². The summed E-state index contributed by atoms with van der Waals surface area (Å²) in [5.74, 6) is 1.25. The number of unbranched alkanes of at least 4 members (excludes halogenated alkanes) is 1. The van der Waals surface area contributed by atoms with Gasteiger partial charge in [-0.3, -0.25) is 4.90 Å². The second-order valence-electron chi connectivity index (χ2n) is 4.34. The third-order valence-corrected chi connectivity index (χ3v) is 3.68. The summed E-state index contributed by atoms with van der Waals surface area (Å²) in [4.78, 5) is 7.54. The number of aromatic nitrogens is 2. The van der Waals surface area contributed by atoms with Gasteiger partial charge >= 0.3 is 0 Å². The van der Waals surface area contributed by atoms with Crippen molar-refractivity contribution in [1.82, 2.24) is 15.0 Å². The highest BCUT2D eigenvalue weighted by molar-refractivity contribution is 7.13. The minimum atomic E-state index is 0.148. The third-order valence-electron chi connectivity index (χ3n) is 2.81. The zero-order valence-electron chi connectivity index (χ0n) is 11.1. The summed E-state index contributed by atoms with van der Waals surface area (Å²) in [5, 5.41) is 15.0. The van der Waals surface area contributed by atoms with Crippen molar-refractivity contribution in [1.29, 1.82) is 0 Å². The van der Waals surface area contributed by atoms with Crippen LogP contribution in [0.5, 0.6) is 0 Å². The molecule has 0 aliphatic carbocycles. The van der Waals surface area contributed by atoms with Gasteiger partial charge in [-0.05, 0) is 24.4 Å². The summed E-state index contributed by atoms with van der Waals surface area (Å²) in [5.41, 5.74) is 0. The molecule has 2 heterocycles. The Morgan fingerprint density at radius 3 is 3.00 bits per heavy atom. The van der Waals surface area contributed by atoms with Crippen molar-refractivity contribution in [3.8, 4) is 10.7 Å². The normalized spacial score (nSPS) is 11.3. The maximum Gasteiger partial charge on any atom is 0.241 e. The van der Waals surface area contributed by atoms with E-state index in [1.54, 1.807) is 11.3 Å². The molecule has 0 amide bonds. The standard InChI is InChI=1S/C13H19N3O2S/c1-2-3-6-16(7-8-17)10-12-14-13(15-18-12)11-5-4-9-19-11/h4-5,9,17H,2-3,6-8,10H2,1H3. The number of rotatable bonds is 8. The summed E-state index contributed by atoms with van der Waals surface area (Å²) in [6.07, 6.45) is 2.23. The second-order valence-corrected chi connectivity index (χ2v) is 5.29. The molecule has 2 aromatic heterocycles. The molecule has 104 valence electrons. The number of hydrogen-bond donors (Lipinski definition) is 1. The fourth-order valence-corrected chi connectivity index (χ4v) is 2.46. The largest absolute Gasteiger partial charge is 0.395 e. The van der Waals surface area contributed by atoms with Gasteiger partial charge in [0.2, 0.25) is 11.7 Å². The van der Waals surface area contributed by atoms with Crippen molar-refractivity contribution in [3.05, 3.63) is 23.4 Å². The Bertz CT molecular complexity index is 470. The SMILES string of the molecule is CCCCN(CCO)Cc1nc(-c2cccs2)no1. The Hall–Kier alpha value is -1.24. The molecule has 0 fully saturated rings. The molecule has 0 atom stereocenters. The van der Waals surface area contributed by atoms with Crippen molar-refractivity contribution in [2.24, 2.45) is 0 Å². The van der Waals surface area contributed by atoms with E-state index in [2.05, 4.69) is 22.0 Å². The molecule has 0 bridgehead atoms. The zero-order valence-corrected chi connectivity index (χ0v) is 11.9. The van der Waals surface area contributed by atoms with Crippen LogP contribution in [0.4, 0.5) is 0 Å². The number of aliphatic hydroxyl groups excluding tert-OH is 1. The molecule has 19 heavy (non-hydrogen) atoms. The van der Waals surface area contributed by atoms with Gasteiger partial charge in [0.15, 0.2) is 0 Å². The molecule has 1 N–H and O–H groups in total. The predicted octanol–water partition coefficient (Wildman–Crippen LogP) is 2.39. The van der Waals surface area contributed by atoms with Gasteiger partial charge < -0.3 is 9.63 Å². The lowest BCUT2D eigenvalue weighted by Crippen LogP contribution is -2.27. The fraction of sp³-hybridized carbons (Fsp3) is 0.538. The first-order valence-corrected chi connectivity index (χ1v) is 7.41. The lowest BCUT2D eigenvalue weighted by atomic mass is 10.3. The van der Waals surface area contributed by atoms with Crippen molar-refractivity contribution < 1.29 is 9.63 Å². The van der Waals surface area contributed by atoms with Gasteiger partial charge in [-0.2, -0.15) is 4.98 Å². The molecule has 0 radical (unpaired) electrons. The maximum atomic E-state index is 9.06. The first kappa shape index (κ1) is 14.2. The van der Waals surface area contributed by atoms with E-state index in [4.69, 9.17) is 9.63 Å². The Kier molecular flexibility index (Phi) is 5.50. The monoisotopic (exact) mass is 281 g/mol. The molecular weight excluding hydrogens is 262 g/mol. The van der Waals surface area contributed by atoms with Crippen molar-refractivity contribution in [2.75, 3.05) is 19.7 Å². The summed E-state index contributed by atoms with van der Waals surface area (Å²) in [6.45, 7) is 4.47. The van der Waals surface area contributed by atoms with Crippen LogP contribution >= 0.6 is 11.3 Å². The average molecular weight is 281 g/mol. The molecule has 2 aromatic rings. The molecule has 0 unspecified atom stereocenters. The maximum absolute atomic E-state index is 9.06. The predicted molar refractivity (Wildman–Crippen MR) is 74.9 cm³/mol. The summed E-state index contributed by atoms with van der Waals surface area (Å²) < 4.78 is 5.27. The highest BCUT2D eigenvalue weighted by Gasteiger charge is 2.13. The number of hydrogen-bond acceptors (Lipinski definition) is 6. The highest BCUT2D eigenvalue weighted by atomic mass is 32.1. The molecule has 0 aromatic carbocycles. The van der Waals surface area contributed by atoms with E-state index in [-0.39, 0.29) is 6.61 Å². The third kappa shape index (κ3) is 4.12. The fourth-order valence-electron chi connectivity index (χ4n) is 1.81. The van der Waals surface area contributed by atoms with Crippen molar-refractivity contribution >= 4 is 11.3 Å². The first-order chi connectivity index (χ1) is 9.33. The van der Waals surface area contributed by atoms with Gasteiger partial charge in [0, 0.05) is 6.54 Å². The number of nitrogens with zero attached hydrogens (tertiary/aromatic N) is 3. The lowest BCUT2D eigenvalue weighted by Gasteiger charge is -2.18. The van der Waals surface area contributed by atoms with Crippen molar-refractivity contribution in [2.45, 2.75) is 26.3 Å². The van der Waals surface area contributed by atoms with Gasteiger partial charge in [-0.25, -0.2) is 0 Å². The van der Waals surface area contributed by atoms with Gasteiger partial charge in [-0.15, -0.1) is 11.3 Å². The lowest BCUT2D eigenvalue weighted by molar-refractivity contribution is 0.172. The number of aliphatic hydroxyl groups is 1. The summed E-state index contributed by atoms with van der Waals surface area (Å²) in [7, 11) is 0. The zero-order chi connectivity index (χ0) is 13.5. The Labute approximate surface area is 116 Å². The van der Waals surface area contributed by atoms with E-state index in [9.17, 15) is 0 Å². The van der Waals surface area contributed by atoms with Crippen LogP contribution in [0.2, 0.25) is 0 Å². The molecule has 0 aliphatic rings. The Morgan fingerprint density at radius 2 is 2.32 bits per heavy atom. The van der Waals surface area contributed by atoms with E-state index < -0.39 is 0 Å². The molecule has 0 saturated heterocycles. The Morgan fingerprint density at radius 1 is 1.42 bits per heavy atom. The van der Waals surface area contributed by atoms with Crippen LogP contribution in [0.15, 0.2) is 22.0 Å². The van der Waals surface area contributed by atoms with Crippen LogP contribution in [-0.2, 0) is 6.54 Å². The molecule has 0 spiro atoms. The van der Waals surface area contributed by atoms with E-state index in [1.807, 2.05) is 17.5 Å². The molecule has 6 heteroatoms. The minimum Gasteiger partial charge on any atom is -0.395 e. The smallest absolute Gasteiger partial charge is 0.241 e. The van der Waals surface area contributed by atoms with E-state index >= 15 is 0 Å². The minimum absolute atomic E-state index is 0.148. The van der Waals surface area contributed by atoms with E-state index in [0.717, 1.165) is 24.3 Å². The summed E-state index contributed by atoms with van der Waals surface area (Å²) >= 11 is 1.59. The van der Waals surface area contributed by atoms with Gasteiger partial charge in [-0.1, -0.05) is 24.6 Å². The van der Waals surface area contributed by atoms with Crippen molar-refractivity contribution in [3.63, 3.8) is 0 Å². The first-order valence-electron chi connectivity index (χ1n) is 6.53. The van der Waals surface area contributed by atoms with Gasteiger partial charge in [0.05, 0.1) is 18.0 Å². The van der Waals surface area contributed by atoms with Gasteiger partial charge in [0.1, 0.15) is 0 Å². The second kappa shape index (κ2) is 7.37. The quantitative estimate of drug-likeness (QED) is 0.805.